The molecule has 7 nitrogen and oxygen atoms in total. The molecule has 0 aliphatic carbocycles. The lowest BCUT2D eigenvalue weighted by atomic mass is 10.0. The highest BCUT2D eigenvalue weighted by Crippen LogP contribution is 2.35. The molecule has 1 unspecified atom stereocenters. The van der Waals surface area contributed by atoms with Crippen LogP contribution in [0.5, 0.6) is 5.88 Å². The van der Waals surface area contributed by atoms with E-state index in [9.17, 15) is 4.55 Å². The molecular formula is C20H28N4O3S. The fourth-order valence-electron chi connectivity index (χ4n) is 3.57. The molecule has 0 saturated carbocycles. The molecule has 1 N–H and O–H groups in total. The van der Waals surface area contributed by atoms with E-state index < -0.39 is 11.4 Å². The van der Waals surface area contributed by atoms with E-state index in [0.29, 0.717) is 25.7 Å². The lowest BCUT2D eigenvalue weighted by molar-refractivity contribution is 0.0686. The minimum absolute atomic E-state index is 0.125. The van der Waals surface area contributed by atoms with E-state index in [-0.39, 0.29) is 16.8 Å². The molecule has 2 aliphatic heterocycles. The highest BCUT2D eigenvalue weighted by Gasteiger charge is 2.34. The van der Waals surface area contributed by atoms with Crippen LogP contribution in [0, 0.1) is 6.92 Å². The molecule has 8 heteroatoms. The molecule has 3 atom stereocenters. The largest absolute Gasteiger partial charge is 0.598 e. The van der Waals surface area contributed by atoms with Crippen LogP contribution >= 0.6 is 0 Å². The number of benzene rings is 1. The normalized spacial score (nSPS) is 21.6. The third-order valence-electron chi connectivity index (χ3n) is 5.11. The Kier molecular flexibility index (Phi) is 5.16. The number of hydrogen-bond acceptors (Lipinski definition) is 7. The van der Waals surface area contributed by atoms with Crippen molar-refractivity contribution < 1.29 is 14.0 Å². The summed E-state index contributed by atoms with van der Waals surface area (Å²) in [5, 5.41) is 0. The third-order valence-corrected chi connectivity index (χ3v) is 6.79. The first-order chi connectivity index (χ1) is 13.2. The Hall–Kier alpha value is -1.61. The lowest BCUT2D eigenvalue weighted by Crippen LogP contribution is -2.51. The maximum Gasteiger partial charge on any atom is 0.258 e. The molecule has 4 rings (SSSR count). The summed E-state index contributed by atoms with van der Waals surface area (Å²) in [6.45, 7) is 12.6. The van der Waals surface area contributed by atoms with Gasteiger partial charge in [-0.25, -0.2) is 9.97 Å². The Morgan fingerprint density at radius 3 is 2.82 bits per heavy atom. The van der Waals surface area contributed by atoms with E-state index in [0.717, 1.165) is 34.5 Å². The molecular weight excluding hydrogens is 376 g/mol. The standard InChI is InChI=1S/C20H28N4O3S/c1-12-8-15(13(2)23-28(25)20(3,4)5)17-16(9-12)21-19-18(22-17)24-6-7-26-10-14(24)11-27-19/h8-9,13-14,23H,6-7,10-11H2,1-5H3/t13-,14+,28?/m1/s1. The SMILES string of the molecule is Cc1cc([C@@H](C)N[S+]([O-])C(C)(C)C)c2nc3c(nc2c1)OC[C@@H]1COCCN31. The number of fused-ring (bicyclic) bond motifs is 4. The molecule has 152 valence electrons. The number of aromatic nitrogens is 2. The summed E-state index contributed by atoms with van der Waals surface area (Å²) in [6, 6.07) is 4.17. The average Bonchev–Trinajstić information content (AvgIpc) is 2.65. The molecule has 3 heterocycles. The van der Waals surface area contributed by atoms with Crippen molar-refractivity contribution >= 4 is 28.2 Å². The Bertz CT molecular complexity index is 886. The van der Waals surface area contributed by atoms with E-state index in [1.807, 2.05) is 40.7 Å². The first-order valence-corrected chi connectivity index (χ1v) is 10.9. The molecule has 0 spiro atoms. The van der Waals surface area contributed by atoms with Crippen LogP contribution in [0.2, 0.25) is 0 Å². The molecule has 28 heavy (non-hydrogen) atoms. The second kappa shape index (κ2) is 7.33. The van der Waals surface area contributed by atoms with Crippen LogP contribution in [0.3, 0.4) is 0 Å². The fraction of sp³-hybridized carbons (Fsp3) is 0.600. The molecule has 2 aliphatic rings. The zero-order valence-electron chi connectivity index (χ0n) is 17.1. The second-order valence-electron chi connectivity index (χ2n) is 8.53. The molecule has 0 bridgehead atoms. The summed E-state index contributed by atoms with van der Waals surface area (Å²) in [4.78, 5) is 12.0. The number of rotatable bonds is 3. The van der Waals surface area contributed by atoms with Gasteiger partial charge in [0.2, 0.25) is 0 Å². The van der Waals surface area contributed by atoms with Gasteiger partial charge in [0.1, 0.15) is 11.4 Å². The van der Waals surface area contributed by atoms with Gasteiger partial charge in [0.25, 0.3) is 5.88 Å². The highest BCUT2D eigenvalue weighted by atomic mass is 32.2. The Balaban J connectivity index is 1.77. The quantitative estimate of drug-likeness (QED) is 0.788. The van der Waals surface area contributed by atoms with Crippen LogP contribution in [-0.2, 0) is 16.1 Å². The van der Waals surface area contributed by atoms with Crippen LogP contribution in [0.25, 0.3) is 11.0 Å². The van der Waals surface area contributed by atoms with Gasteiger partial charge >= 0.3 is 0 Å². The maximum absolute atomic E-state index is 12.6. The number of nitrogens with one attached hydrogen (secondary N) is 1. The van der Waals surface area contributed by atoms with E-state index in [2.05, 4.69) is 15.7 Å². The summed E-state index contributed by atoms with van der Waals surface area (Å²) in [5.41, 5.74) is 3.71. The number of morpholine rings is 1. The van der Waals surface area contributed by atoms with Gasteiger partial charge in [-0.2, -0.15) is 0 Å². The molecule has 1 aromatic heterocycles. The van der Waals surface area contributed by atoms with Crippen molar-refractivity contribution in [3.63, 3.8) is 0 Å². The average molecular weight is 405 g/mol. The topological polar surface area (TPSA) is 82.6 Å². The molecule has 1 saturated heterocycles. The second-order valence-corrected chi connectivity index (χ2v) is 10.5. The number of anilines is 1. The molecule has 1 fully saturated rings. The van der Waals surface area contributed by atoms with Crippen molar-refractivity contribution in [1.82, 2.24) is 14.7 Å². The van der Waals surface area contributed by atoms with Gasteiger partial charge in [-0.05, 0) is 46.2 Å². The number of aryl methyl sites for hydroxylation is 1. The first kappa shape index (κ1) is 19.7. The summed E-state index contributed by atoms with van der Waals surface area (Å²) in [5.74, 6) is 1.36. The van der Waals surface area contributed by atoms with Crippen molar-refractivity contribution in [2.24, 2.45) is 0 Å². The summed E-state index contributed by atoms with van der Waals surface area (Å²) >= 11 is -1.18. The van der Waals surface area contributed by atoms with E-state index in [1.165, 1.54) is 0 Å². The number of nitrogens with zero attached hydrogens (tertiary/aromatic N) is 3. The van der Waals surface area contributed by atoms with Crippen molar-refractivity contribution in [1.29, 1.82) is 0 Å². The van der Waals surface area contributed by atoms with E-state index >= 15 is 0 Å². The Morgan fingerprint density at radius 2 is 2.07 bits per heavy atom. The van der Waals surface area contributed by atoms with Gasteiger partial charge in [-0.1, -0.05) is 6.07 Å². The van der Waals surface area contributed by atoms with Crippen LogP contribution in [0.1, 0.15) is 44.9 Å². The van der Waals surface area contributed by atoms with Crippen LogP contribution in [-0.4, -0.2) is 51.7 Å². The van der Waals surface area contributed by atoms with Crippen molar-refractivity contribution in [3.05, 3.63) is 23.3 Å². The summed E-state index contributed by atoms with van der Waals surface area (Å²) in [6.07, 6.45) is 0. The van der Waals surface area contributed by atoms with E-state index in [4.69, 9.17) is 19.4 Å². The molecule has 0 radical (unpaired) electrons. The molecule has 0 amide bonds. The fourth-order valence-corrected chi connectivity index (χ4v) is 4.37. The Morgan fingerprint density at radius 1 is 1.29 bits per heavy atom. The van der Waals surface area contributed by atoms with Gasteiger partial charge in [0, 0.05) is 23.5 Å². The van der Waals surface area contributed by atoms with Gasteiger partial charge in [-0.15, -0.1) is 4.72 Å². The zero-order valence-corrected chi connectivity index (χ0v) is 17.9. The summed E-state index contributed by atoms with van der Waals surface area (Å²) in [7, 11) is 0. The van der Waals surface area contributed by atoms with E-state index in [1.54, 1.807) is 0 Å². The van der Waals surface area contributed by atoms with Gasteiger partial charge in [-0.3, -0.25) is 0 Å². The predicted octanol–water partition coefficient (Wildman–Crippen LogP) is 2.65. The minimum Gasteiger partial charge on any atom is -0.598 e. The highest BCUT2D eigenvalue weighted by molar-refractivity contribution is 7.90. The monoisotopic (exact) mass is 404 g/mol. The van der Waals surface area contributed by atoms with Gasteiger partial charge < -0.3 is 18.9 Å². The predicted molar refractivity (Wildman–Crippen MR) is 111 cm³/mol. The minimum atomic E-state index is -1.18. The smallest absolute Gasteiger partial charge is 0.258 e. The first-order valence-electron chi connectivity index (χ1n) is 9.71. The summed E-state index contributed by atoms with van der Waals surface area (Å²) < 4.78 is 27.0. The zero-order chi connectivity index (χ0) is 20.1. The third kappa shape index (κ3) is 3.66. The Labute approximate surface area is 169 Å². The number of hydrogen-bond donors (Lipinski definition) is 1. The van der Waals surface area contributed by atoms with Crippen molar-refractivity contribution in [3.8, 4) is 5.88 Å². The van der Waals surface area contributed by atoms with Crippen LogP contribution in [0.15, 0.2) is 12.1 Å². The lowest BCUT2D eigenvalue weighted by Gasteiger charge is -2.39. The number of ether oxygens (including phenoxy) is 2. The maximum atomic E-state index is 12.6. The van der Waals surface area contributed by atoms with Gasteiger partial charge in [0.15, 0.2) is 5.82 Å². The van der Waals surface area contributed by atoms with Crippen molar-refractivity contribution in [2.75, 3.05) is 31.3 Å². The molecule has 1 aromatic carbocycles. The van der Waals surface area contributed by atoms with Crippen LogP contribution < -0.4 is 14.4 Å². The molecule has 2 aromatic rings. The van der Waals surface area contributed by atoms with Crippen LogP contribution in [0.4, 0.5) is 5.82 Å². The van der Waals surface area contributed by atoms with Gasteiger partial charge in [0.05, 0.1) is 36.3 Å². The van der Waals surface area contributed by atoms with Crippen molar-refractivity contribution in [2.45, 2.75) is 51.4 Å².